The standard InChI is InChI=1S/C18H22N2O3/c1-23-17(21)11-3-2-6-12-19-18(22)15-9-4-5-10-16(15)20-13-7-8-14-20/h4-5,7-10,13-14H,2-3,6,11-12H2,1H3,(H,19,22). The lowest BCUT2D eigenvalue weighted by Crippen LogP contribution is -2.25. The highest BCUT2D eigenvalue weighted by Crippen LogP contribution is 2.14. The van der Waals surface area contributed by atoms with E-state index in [1.165, 1.54) is 7.11 Å². The van der Waals surface area contributed by atoms with Crippen LogP contribution >= 0.6 is 0 Å². The number of nitrogens with zero attached hydrogens (tertiary/aromatic N) is 1. The molecule has 1 amide bonds. The maximum Gasteiger partial charge on any atom is 0.305 e. The third-order valence-corrected chi connectivity index (χ3v) is 3.60. The van der Waals surface area contributed by atoms with Crippen LogP contribution in [0.4, 0.5) is 0 Å². The smallest absolute Gasteiger partial charge is 0.305 e. The predicted octanol–water partition coefficient (Wildman–Crippen LogP) is 2.94. The summed E-state index contributed by atoms with van der Waals surface area (Å²) >= 11 is 0. The minimum Gasteiger partial charge on any atom is -0.469 e. The Labute approximate surface area is 136 Å². The first-order chi connectivity index (χ1) is 11.2. The molecule has 5 nitrogen and oxygen atoms in total. The Balaban J connectivity index is 1.82. The Morgan fingerprint density at radius 1 is 1.04 bits per heavy atom. The van der Waals surface area contributed by atoms with Crippen LogP contribution in [0.15, 0.2) is 48.8 Å². The summed E-state index contributed by atoms with van der Waals surface area (Å²) in [6.45, 7) is 0.597. The first-order valence-electron chi connectivity index (χ1n) is 7.80. The molecule has 0 saturated heterocycles. The van der Waals surface area contributed by atoms with Gasteiger partial charge in [-0.3, -0.25) is 9.59 Å². The molecular formula is C18H22N2O3. The molecule has 2 aromatic rings. The number of ether oxygens (including phenoxy) is 1. The number of benzene rings is 1. The summed E-state index contributed by atoms with van der Waals surface area (Å²) in [5, 5.41) is 2.93. The van der Waals surface area contributed by atoms with Crippen molar-refractivity contribution in [1.29, 1.82) is 0 Å². The maximum atomic E-state index is 12.3. The zero-order chi connectivity index (χ0) is 16.5. The summed E-state index contributed by atoms with van der Waals surface area (Å²) in [5.41, 5.74) is 1.51. The molecule has 1 aromatic heterocycles. The molecular weight excluding hydrogens is 292 g/mol. The normalized spacial score (nSPS) is 10.3. The molecule has 0 spiro atoms. The highest BCUT2D eigenvalue weighted by atomic mass is 16.5. The lowest BCUT2D eigenvalue weighted by molar-refractivity contribution is -0.140. The molecule has 0 atom stereocenters. The average Bonchev–Trinajstić information content (AvgIpc) is 3.12. The lowest BCUT2D eigenvalue weighted by Gasteiger charge is -2.11. The first-order valence-corrected chi connectivity index (χ1v) is 7.80. The number of nitrogens with one attached hydrogen (secondary N) is 1. The van der Waals surface area contributed by atoms with Crippen molar-refractivity contribution in [3.8, 4) is 5.69 Å². The van der Waals surface area contributed by atoms with Gasteiger partial charge in [-0.2, -0.15) is 0 Å². The summed E-state index contributed by atoms with van der Waals surface area (Å²) in [6, 6.07) is 11.4. The van der Waals surface area contributed by atoms with Gasteiger partial charge in [-0.1, -0.05) is 18.6 Å². The van der Waals surface area contributed by atoms with Gasteiger partial charge < -0.3 is 14.6 Å². The van der Waals surface area contributed by atoms with Crippen LogP contribution in [0.5, 0.6) is 0 Å². The quantitative estimate of drug-likeness (QED) is 0.602. The maximum absolute atomic E-state index is 12.3. The van der Waals surface area contributed by atoms with Crippen LogP contribution in [0, 0.1) is 0 Å². The third-order valence-electron chi connectivity index (χ3n) is 3.60. The molecule has 0 saturated carbocycles. The van der Waals surface area contributed by atoms with E-state index in [2.05, 4.69) is 10.1 Å². The molecule has 5 heteroatoms. The van der Waals surface area contributed by atoms with E-state index in [9.17, 15) is 9.59 Å². The van der Waals surface area contributed by atoms with Crippen molar-refractivity contribution >= 4 is 11.9 Å². The van der Waals surface area contributed by atoms with E-state index in [4.69, 9.17) is 0 Å². The Hall–Kier alpha value is -2.56. The van der Waals surface area contributed by atoms with Crippen LogP contribution in [0.25, 0.3) is 5.69 Å². The molecule has 23 heavy (non-hydrogen) atoms. The number of aromatic nitrogens is 1. The molecule has 1 heterocycles. The number of methoxy groups -OCH3 is 1. The van der Waals surface area contributed by atoms with E-state index in [1.807, 2.05) is 53.4 Å². The molecule has 1 N–H and O–H groups in total. The molecule has 0 bridgehead atoms. The number of para-hydroxylation sites is 1. The van der Waals surface area contributed by atoms with Gasteiger partial charge >= 0.3 is 5.97 Å². The molecule has 1 aromatic carbocycles. The fourth-order valence-corrected chi connectivity index (χ4v) is 2.36. The van der Waals surface area contributed by atoms with Crippen molar-refractivity contribution in [1.82, 2.24) is 9.88 Å². The Kier molecular flexibility index (Phi) is 6.41. The van der Waals surface area contributed by atoms with Crippen molar-refractivity contribution in [2.75, 3.05) is 13.7 Å². The number of hydrogen-bond acceptors (Lipinski definition) is 3. The van der Waals surface area contributed by atoms with Gasteiger partial charge in [0.2, 0.25) is 0 Å². The van der Waals surface area contributed by atoms with Crippen LogP contribution < -0.4 is 5.32 Å². The van der Waals surface area contributed by atoms with Gasteiger partial charge in [-0.25, -0.2) is 0 Å². The summed E-state index contributed by atoms with van der Waals surface area (Å²) < 4.78 is 6.51. The summed E-state index contributed by atoms with van der Waals surface area (Å²) in [5.74, 6) is -0.267. The summed E-state index contributed by atoms with van der Waals surface area (Å²) in [6.07, 6.45) is 6.77. The topological polar surface area (TPSA) is 60.3 Å². The van der Waals surface area contributed by atoms with E-state index in [0.717, 1.165) is 24.9 Å². The Morgan fingerprint density at radius 3 is 2.52 bits per heavy atom. The molecule has 0 unspecified atom stereocenters. The van der Waals surface area contributed by atoms with E-state index in [1.54, 1.807) is 0 Å². The van der Waals surface area contributed by atoms with Gasteiger partial charge in [0.05, 0.1) is 18.4 Å². The molecule has 2 rings (SSSR count). The van der Waals surface area contributed by atoms with Crippen LogP contribution in [-0.4, -0.2) is 30.1 Å². The largest absolute Gasteiger partial charge is 0.469 e. The molecule has 122 valence electrons. The van der Waals surface area contributed by atoms with Crippen molar-refractivity contribution in [2.45, 2.75) is 25.7 Å². The molecule has 0 aliphatic rings. The van der Waals surface area contributed by atoms with Gasteiger partial charge in [-0.05, 0) is 37.1 Å². The zero-order valence-corrected chi connectivity index (χ0v) is 13.3. The van der Waals surface area contributed by atoms with E-state index in [-0.39, 0.29) is 11.9 Å². The van der Waals surface area contributed by atoms with Gasteiger partial charge in [0, 0.05) is 25.4 Å². The van der Waals surface area contributed by atoms with Crippen LogP contribution in [-0.2, 0) is 9.53 Å². The van der Waals surface area contributed by atoms with Crippen molar-refractivity contribution in [3.63, 3.8) is 0 Å². The second kappa shape index (κ2) is 8.78. The molecule has 0 aliphatic heterocycles. The number of unbranched alkanes of at least 4 members (excludes halogenated alkanes) is 2. The van der Waals surface area contributed by atoms with Gasteiger partial charge in [0.25, 0.3) is 5.91 Å². The van der Waals surface area contributed by atoms with Gasteiger partial charge in [-0.15, -0.1) is 0 Å². The summed E-state index contributed by atoms with van der Waals surface area (Å²) in [7, 11) is 1.39. The van der Waals surface area contributed by atoms with Gasteiger partial charge in [0.15, 0.2) is 0 Å². The van der Waals surface area contributed by atoms with E-state index in [0.29, 0.717) is 18.5 Å². The van der Waals surface area contributed by atoms with E-state index >= 15 is 0 Å². The fourth-order valence-electron chi connectivity index (χ4n) is 2.36. The SMILES string of the molecule is COC(=O)CCCCCNC(=O)c1ccccc1-n1cccc1. The monoisotopic (exact) mass is 314 g/mol. The molecule has 0 radical (unpaired) electrons. The van der Waals surface area contributed by atoms with Crippen molar-refractivity contribution in [3.05, 3.63) is 54.4 Å². The average molecular weight is 314 g/mol. The third kappa shape index (κ3) is 4.98. The van der Waals surface area contributed by atoms with Gasteiger partial charge in [0.1, 0.15) is 0 Å². The fraction of sp³-hybridized carbons (Fsp3) is 0.333. The summed E-state index contributed by atoms with van der Waals surface area (Å²) in [4.78, 5) is 23.3. The van der Waals surface area contributed by atoms with Crippen molar-refractivity contribution < 1.29 is 14.3 Å². The van der Waals surface area contributed by atoms with E-state index < -0.39 is 0 Å². The Bertz CT molecular complexity index is 635. The van der Waals surface area contributed by atoms with Crippen LogP contribution in [0.2, 0.25) is 0 Å². The number of hydrogen-bond donors (Lipinski definition) is 1. The number of esters is 1. The van der Waals surface area contributed by atoms with Crippen LogP contribution in [0.1, 0.15) is 36.0 Å². The number of amides is 1. The lowest BCUT2D eigenvalue weighted by atomic mass is 10.1. The van der Waals surface area contributed by atoms with Crippen LogP contribution in [0.3, 0.4) is 0 Å². The second-order valence-electron chi connectivity index (χ2n) is 5.25. The zero-order valence-electron chi connectivity index (χ0n) is 13.3. The number of rotatable bonds is 8. The Morgan fingerprint density at radius 2 is 1.78 bits per heavy atom. The minimum atomic E-state index is -0.185. The predicted molar refractivity (Wildman–Crippen MR) is 88.6 cm³/mol. The molecule has 0 fully saturated rings. The highest BCUT2D eigenvalue weighted by molar-refractivity contribution is 5.97. The number of carbonyl (C=O) groups is 2. The van der Waals surface area contributed by atoms with Crippen molar-refractivity contribution in [2.24, 2.45) is 0 Å². The number of carbonyl (C=O) groups excluding carboxylic acids is 2. The minimum absolute atomic E-state index is 0.0812. The first kappa shape index (κ1) is 16.8. The second-order valence-corrected chi connectivity index (χ2v) is 5.25. The highest BCUT2D eigenvalue weighted by Gasteiger charge is 2.11. The molecule has 0 aliphatic carbocycles.